The number of nitrogens with one attached hydrogen (secondary N) is 1. The van der Waals surface area contributed by atoms with Crippen LogP contribution in [0.5, 0.6) is 0 Å². The maximum atomic E-state index is 13.7. The minimum atomic E-state index is -0.205. The van der Waals surface area contributed by atoms with E-state index in [1.54, 1.807) is 6.07 Å². The third-order valence-electron chi connectivity index (χ3n) is 3.67. The van der Waals surface area contributed by atoms with Crippen LogP contribution in [0.4, 0.5) is 4.39 Å². The number of hydrogen-bond donors (Lipinski definition) is 1. The first-order chi connectivity index (χ1) is 9.99. The van der Waals surface area contributed by atoms with E-state index < -0.39 is 0 Å². The van der Waals surface area contributed by atoms with Crippen LogP contribution in [0.25, 0.3) is 0 Å². The summed E-state index contributed by atoms with van der Waals surface area (Å²) in [6.07, 6.45) is 0.858. The van der Waals surface area contributed by atoms with Crippen LogP contribution >= 0.6 is 15.9 Å². The first-order valence-corrected chi connectivity index (χ1v) is 8.04. The van der Waals surface area contributed by atoms with Gasteiger partial charge in [-0.3, -0.25) is 0 Å². The molecule has 0 amide bonds. The Balaban J connectivity index is 2.32. The van der Waals surface area contributed by atoms with Gasteiger partial charge in [0, 0.05) is 10.5 Å². The first-order valence-electron chi connectivity index (χ1n) is 7.25. The Bertz CT molecular complexity index is 604. The molecule has 0 spiro atoms. The normalized spacial score (nSPS) is 12.4. The van der Waals surface area contributed by atoms with Gasteiger partial charge in [-0.2, -0.15) is 0 Å². The molecule has 0 aliphatic carbocycles. The Kier molecular flexibility index (Phi) is 5.54. The van der Waals surface area contributed by atoms with Crippen molar-refractivity contribution >= 4 is 15.9 Å². The molecule has 0 bridgehead atoms. The second-order valence-electron chi connectivity index (χ2n) is 5.45. The lowest BCUT2D eigenvalue weighted by molar-refractivity contribution is 0.541. The molecule has 0 aliphatic heterocycles. The molecule has 0 fully saturated rings. The molecule has 1 atom stereocenters. The van der Waals surface area contributed by atoms with Crippen LogP contribution in [0.3, 0.4) is 0 Å². The van der Waals surface area contributed by atoms with E-state index in [2.05, 4.69) is 60.2 Å². The summed E-state index contributed by atoms with van der Waals surface area (Å²) in [4.78, 5) is 0. The van der Waals surface area contributed by atoms with Gasteiger partial charge < -0.3 is 5.32 Å². The van der Waals surface area contributed by atoms with Crippen molar-refractivity contribution in [2.24, 2.45) is 0 Å². The lowest BCUT2D eigenvalue weighted by atomic mass is 9.95. The molecule has 21 heavy (non-hydrogen) atoms. The van der Waals surface area contributed by atoms with Crippen LogP contribution < -0.4 is 5.32 Å². The highest BCUT2D eigenvalue weighted by molar-refractivity contribution is 9.10. The maximum absolute atomic E-state index is 13.7. The average molecular weight is 350 g/mol. The largest absolute Gasteiger partial charge is 0.310 e. The molecule has 1 nitrogen and oxygen atoms in total. The SMILES string of the molecule is CCNC(Cc1cc(C)ccc1C)c1cc(F)cc(Br)c1. The fourth-order valence-electron chi connectivity index (χ4n) is 2.57. The minimum absolute atomic E-state index is 0.113. The second kappa shape index (κ2) is 7.19. The summed E-state index contributed by atoms with van der Waals surface area (Å²) in [5, 5.41) is 3.46. The number of hydrogen-bond acceptors (Lipinski definition) is 1. The van der Waals surface area contributed by atoms with E-state index >= 15 is 0 Å². The van der Waals surface area contributed by atoms with Crippen molar-refractivity contribution in [2.75, 3.05) is 6.54 Å². The van der Waals surface area contributed by atoms with Gasteiger partial charge >= 0.3 is 0 Å². The summed E-state index contributed by atoms with van der Waals surface area (Å²) in [6.45, 7) is 7.15. The van der Waals surface area contributed by atoms with Gasteiger partial charge in [-0.05, 0) is 61.7 Å². The molecule has 0 radical (unpaired) electrons. The van der Waals surface area contributed by atoms with Gasteiger partial charge in [-0.1, -0.05) is 46.6 Å². The Hall–Kier alpha value is -1.19. The average Bonchev–Trinajstić information content (AvgIpc) is 2.41. The molecular formula is C18H21BrFN. The van der Waals surface area contributed by atoms with E-state index in [4.69, 9.17) is 0 Å². The van der Waals surface area contributed by atoms with E-state index in [0.717, 1.165) is 23.0 Å². The van der Waals surface area contributed by atoms with Crippen molar-refractivity contribution < 1.29 is 4.39 Å². The van der Waals surface area contributed by atoms with Crippen LogP contribution in [0, 0.1) is 19.7 Å². The van der Waals surface area contributed by atoms with E-state index in [9.17, 15) is 4.39 Å². The van der Waals surface area contributed by atoms with E-state index in [-0.39, 0.29) is 11.9 Å². The molecule has 0 aromatic heterocycles. The highest BCUT2D eigenvalue weighted by Gasteiger charge is 2.14. The van der Waals surface area contributed by atoms with Crippen LogP contribution in [0.1, 0.15) is 35.2 Å². The zero-order valence-corrected chi connectivity index (χ0v) is 14.3. The van der Waals surface area contributed by atoms with Crippen molar-refractivity contribution in [3.63, 3.8) is 0 Å². The van der Waals surface area contributed by atoms with Crippen LogP contribution in [0.2, 0.25) is 0 Å². The summed E-state index contributed by atoms with van der Waals surface area (Å²) in [6, 6.07) is 11.7. The third-order valence-corrected chi connectivity index (χ3v) is 4.12. The van der Waals surface area contributed by atoms with E-state index in [1.807, 2.05) is 6.07 Å². The molecule has 112 valence electrons. The maximum Gasteiger partial charge on any atom is 0.124 e. The van der Waals surface area contributed by atoms with Gasteiger partial charge in [-0.25, -0.2) is 4.39 Å². The number of likely N-dealkylation sites (N-methyl/N-ethyl adjacent to an activating group) is 1. The van der Waals surface area contributed by atoms with Crippen molar-refractivity contribution in [1.82, 2.24) is 5.32 Å². The molecule has 3 heteroatoms. The Labute approximate surface area is 134 Å². The van der Waals surface area contributed by atoms with Crippen LogP contribution in [-0.2, 0) is 6.42 Å². The molecule has 2 aromatic rings. The Morgan fingerprint density at radius 1 is 1.14 bits per heavy atom. The second-order valence-corrected chi connectivity index (χ2v) is 6.36. The van der Waals surface area contributed by atoms with Crippen molar-refractivity contribution in [1.29, 1.82) is 0 Å². The predicted molar refractivity (Wildman–Crippen MR) is 90.1 cm³/mol. The van der Waals surface area contributed by atoms with Gasteiger partial charge in [-0.15, -0.1) is 0 Å². The zero-order chi connectivity index (χ0) is 15.4. The zero-order valence-electron chi connectivity index (χ0n) is 12.7. The highest BCUT2D eigenvalue weighted by Crippen LogP contribution is 2.25. The topological polar surface area (TPSA) is 12.0 Å². The molecular weight excluding hydrogens is 329 g/mol. The van der Waals surface area contributed by atoms with Gasteiger partial charge in [0.15, 0.2) is 0 Å². The summed E-state index contributed by atoms with van der Waals surface area (Å²) >= 11 is 3.38. The molecule has 2 aromatic carbocycles. The fourth-order valence-corrected chi connectivity index (χ4v) is 3.05. The summed E-state index contributed by atoms with van der Waals surface area (Å²) in [7, 11) is 0. The number of rotatable bonds is 5. The van der Waals surface area contributed by atoms with Gasteiger partial charge in [0.05, 0.1) is 0 Å². The molecule has 0 heterocycles. The highest BCUT2D eigenvalue weighted by atomic mass is 79.9. The first kappa shape index (κ1) is 16.2. The fraction of sp³-hybridized carbons (Fsp3) is 0.333. The van der Waals surface area contributed by atoms with Crippen LogP contribution in [0.15, 0.2) is 40.9 Å². The number of halogens is 2. The van der Waals surface area contributed by atoms with E-state index in [1.165, 1.54) is 22.8 Å². The van der Waals surface area contributed by atoms with Gasteiger partial charge in [0.2, 0.25) is 0 Å². The molecule has 0 saturated heterocycles. The quantitative estimate of drug-likeness (QED) is 0.791. The standard InChI is InChI=1S/C18H21BrFN/c1-4-21-18(15-8-16(19)11-17(20)9-15)10-14-7-12(2)5-6-13(14)3/h5-9,11,18,21H,4,10H2,1-3H3. The van der Waals surface area contributed by atoms with E-state index in [0.29, 0.717) is 0 Å². The van der Waals surface area contributed by atoms with Crippen LogP contribution in [-0.4, -0.2) is 6.54 Å². The number of benzene rings is 2. The lowest BCUT2D eigenvalue weighted by Crippen LogP contribution is -2.23. The number of aryl methyl sites for hydroxylation is 2. The minimum Gasteiger partial charge on any atom is -0.310 e. The monoisotopic (exact) mass is 349 g/mol. The lowest BCUT2D eigenvalue weighted by Gasteiger charge is -2.20. The van der Waals surface area contributed by atoms with Crippen molar-refractivity contribution in [3.05, 3.63) is 68.9 Å². The summed E-state index contributed by atoms with van der Waals surface area (Å²) < 4.78 is 14.4. The summed E-state index contributed by atoms with van der Waals surface area (Å²) in [5.74, 6) is -0.205. The molecule has 0 saturated carbocycles. The molecule has 1 unspecified atom stereocenters. The van der Waals surface area contributed by atoms with Gasteiger partial charge in [0.25, 0.3) is 0 Å². The predicted octanol–water partition coefficient (Wildman–Crippen LogP) is 5.10. The Morgan fingerprint density at radius 3 is 2.57 bits per heavy atom. The molecule has 1 N–H and O–H groups in total. The summed E-state index contributed by atoms with van der Waals surface area (Å²) in [5.41, 5.74) is 4.82. The van der Waals surface area contributed by atoms with Crippen molar-refractivity contribution in [2.45, 2.75) is 33.2 Å². The smallest absolute Gasteiger partial charge is 0.124 e. The Morgan fingerprint density at radius 2 is 1.90 bits per heavy atom. The third kappa shape index (κ3) is 4.39. The van der Waals surface area contributed by atoms with Gasteiger partial charge in [0.1, 0.15) is 5.82 Å². The van der Waals surface area contributed by atoms with Crippen molar-refractivity contribution in [3.8, 4) is 0 Å². The molecule has 2 rings (SSSR count). The molecule has 0 aliphatic rings.